The molecule has 0 unspecified atom stereocenters. The smallest absolute Gasteiger partial charge is 0.0662 e. The maximum atomic E-state index is 7.62. The third-order valence-electron chi connectivity index (χ3n) is 0.400. The highest BCUT2D eigenvalue weighted by molar-refractivity contribution is 4.22. The molecule has 0 aromatic rings. The fraction of sp³-hybridized carbons (Fsp3) is 0.800. The molecule has 116 valence electrons. The normalized spacial score (nSPS) is 6.89. The zero-order valence-electron chi connectivity index (χ0n) is 10.6. The second-order valence-electron chi connectivity index (χ2n) is 1.79. The van der Waals surface area contributed by atoms with Gasteiger partial charge >= 0.3 is 0 Å². The van der Waals surface area contributed by atoms with Crippen molar-refractivity contribution in [3.8, 4) is 0 Å². The van der Waals surface area contributed by atoms with Crippen molar-refractivity contribution < 1.29 is 40.9 Å². The van der Waals surface area contributed by atoms with E-state index in [9.17, 15) is 0 Å². The van der Waals surface area contributed by atoms with Crippen molar-refractivity contribution in [3.63, 3.8) is 0 Å². The molecule has 0 heterocycles. The van der Waals surface area contributed by atoms with Gasteiger partial charge in [0, 0.05) is 0 Å². The van der Waals surface area contributed by atoms with Crippen LogP contribution < -0.4 is 0 Å². The molecule has 0 saturated heterocycles. The number of aliphatic hydroxyl groups is 8. The Morgan fingerprint density at radius 2 is 0.389 bits per heavy atom. The summed E-state index contributed by atoms with van der Waals surface area (Å²) in [4.78, 5) is 0. The first-order chi connectivity index (χ1) is 8.66. The van der Waals surface area contributed by atoms with E-state index in [0.29, 0.717) is 0 Å². The summed E-state index contributed by atoms with van der Waals surface area (Å²) < 4.78 is 0. The van der Waals surface area contributed by atoms with E-state index in [0.717, 1.165) is 0 Å². The van der Waals surface area contributed by atoms with Gasteiger partial charge in [0.1, 0.15) is 0 Å². The zero-order valence-corrected chi connectivity index (χ0v) is 10.6. The molecular formula is C10H28O8. The van der Waals surface area contributed by atoms with E-state index in [1.165, 1.54) is 0 Å². The average molecular weight is 276 g/mol. The Bertz CT molecular complexity index is 50.9. The van der Waals surface area contributed by atoms with Crippen LogP contribution in [0.3, 0.4) is 0 Å². The minimum absolute atomic E-state index is 0.125. The Kier molecular flexibility index (Phi) is 120. The van der Waals surface area contributed by atoms with Crippen molar-refractivity contribution in [2.45, 2.75) is 0 Å². The summed E-state index contributed by atoms with van der Waals surface area (Å²) in [5, 5.41) is 61.0. The summed E-state index contributed by atoms with van der Waals surface area (Å²) in [7, 11) is 0. The topological polar surface area (TPSA) is 162 Å². The summed E-state index contributed by atoms with van der Waals surface area (Å²) in [6.45, 7) is 5.00. The van der Waals surface area contributed by atoms with Crippen LogP contribution in [0.25, 0.3) is 0 Å². The van der Waals surface area contributed by atoms with Crippen molar-refractivity contribution in [2.24, 2.45) is 0 Å². The summed E-state index contributed by atoms with van der Waals surface area (Å²) >= 11 is 0. The van der Waals surface area contributed by atoms with Crippen molar-refractivity contribution in [1.29, 1.82) is 0 Å². The van der Waals surface area contributed by atoms with Crippen LogP contribution in [-0.2, 0) is 0 Å². The molecule has 0 saturated carbocycles. The van der Waals surface area contributed by atoms with Crippen LogP contribution in [0.5, 0.6) is 0 Å². The van der Waals surface area contributed by atoms with Gasteiger partial charge < -0.3 is 40.9 Å². The first kappa shape index (κ1) is 30.4. The number of aliphatic hydroxyl groups excluding tert-OH is 8. The van der Waals surface area contributed by atoms with Gasteiger partial charge in [0.05, 0.1) is 52.9 Å². The van der Waals surface area contributed by atoms with E-state index in [-0.39, 0.29) is 52.9 Å². The fourth-order valence-corrected chi connectivity index (χ4v) is 0. The van der Waals surface area contributed by atoms with Crippen molar-refractivity contribution >= 4 is 0 Å². The summed E-state index contributed by atoms with van der Waals surface area (Å²) in [5.74, 6) is 0. The molecule has 0 bridgehead atoms. The molecule has 0 atom stereocenters. The van der Waals surface area contributed by atoms with Crippen LogP contribution in [0.1, 0.15) is 0 Å². The van der Waals surface area contributed by atoms with E-state index >= 15 is 0 Å². The SMILES string of the molecule is C=C.OCCO.OCCO.OCCO.OCCO. The van der Waals surface area contributed by atoms with Crippen LogP contribution in [0.15, 0.2) is 13.2 Å². The van der Waals surface area contributed by atoms with E-state index in [1.807, 2.05) is 0 Å². The Labute approximate surface area is 108 Å². The highest BCUT2D eigenvalue weighted by Gasteiger charge is 1.59. The maximum Gasteiger partial charge on any atom is 0.0662 e. The zero-order chi connectivity index (χ0) is 15.7. The molecule has 18 heavy (non-hydrogen) atoms. The van der Waals surface area contributed by atoms with Gasteiger partial charge in [-0.1, -0.05) is 0 Å². The molecule has 0 spiro atoms. The van der Waals surface area contributed by atoms with Gasteiger partial charge in [-0.2, -0.15) is 0 Å². The lowest BCUT2D eigenvalue weighted by Gasteiger charge is -1.70. The molecule has 0 fully saturated rings. The molecule has 0 aliphatic heterocycles. The molecule has 8 heteroatoms. The van der Waals surface area contributed by atoms with Crippen molar-refractivity contribution in [2.75, 3.05) is 52.9 Å². The van der Waals surface area contributed by atoms with Gasteiger partial charge in [-0.05, 0) is 0 Å². The molecule has 0 rings (SSSR count). The Morgan fingerprint density at radius 1 is 0.333 bits per heavy atom. The summed E-state index contributed by atoms with van der Waals surface area (Å²) in [5.41, 5.74) is 0. The van der Waals surface area contributed by atoms with Gasteiger partial charge in [0.25, 0.3) is 0 Å². The predicted molar refractivity (Wildman–Crippen MR) is 67.9 cm³/mol. The monoisotopic (exact) mass is 276 g/mol. The standard InChI is InChI=1S/4C2H6O2.C2H4/c4*3-1-2-4;1-2/h4*3-4H,1-2H2;1-2H2. The molecule has 0 amide bonds. The quantitative estimate of drug-likeness (QED) is 0.247. The number of hydrogen-bond donors (Lipinski definition) is 8. The number of hydrogen-bond acceptors (Lipinski definition) is 8. The van der Waals surface area contributed by atoms with Crippen LogP contribution in [-0.4, -0.2) is 93.7 Å². The van der Waals surface area contributed by atoms with Crippen LogP contribution in [0, 0.1) is 0 Å². The molecule has 8 N–H and O–H groups in total. The highest BCUT2D eigenvalue weighted by Crippen LogP contribution is 1.40. The first-order valence-corrected chi connectivity index (χ1v) is 5.03. The second-order valence-corrected chi connectivity index (χ2v) is 1.79. The van der Waals surface area contributed by atoms with Crippen LogP contribution >= 0.6 is 0 Å². The Balaban J connectivity index is -0.0000000399. The Hall–Kier alpha value is -0.580. The molecular weight excluding hydrogens is 248 g/mol. The number of rotatable bonds is 4. The average Bonchev–Trinajstić information content (AvgIpc) is 2.49. The second kappa shape index (κ2) is 70.9. The first-order valence-electron chi connectivity index (χ1n) is 5.03. The molecule has 0 aromatic heterocycles. The molecule has 0 aliphatic rings. The third kappa shape index (κ3) is 274. The van der Waals surface area contributed by atoms with Gasteiger partial charge in [-0.3, -0.25) is 0 Å². The van der Waals surface area contributed by atoms with Gasteiger partial charge in [-0.15, -0.1) is 13.2 Å². The van der Waals surface area contributed by atoms with E-state index in [1.54, 1.807) is 0 Å². The molecule has 0 radical (unpaired) electrons. The third-order valence-corrected chi connectivity index (χ3v) is 0.400. The van der Waals surface area contributed by atoms with Crippen LogP contribution in [0.2, 0.25) is 0 Å². The van der Waals surface area contributed by atoms with Gasteiger partial charge in [-0.25, -0.2) is 0 Å². The van der Waals surface area contributed by atoms with E-state index in [2.05, 4.69) is 13.2 Å². The highest BCUT2D eigenvalue weighted by atomic mass is 16.3. The molecule has 0 aliphatic carbocycles. The lowest BCUT2D eigenvalue weighted by Crippen LogP contribution is -1.85. The largest absolute Gasteiger partial charge is 0.394 e. The van der Waals surface area contributed by atoms with Gasteiger partial charge in [0.15, 0.2) is 0 Å². The van der Waals surface area contributed by atoms with Crippen molar-refractivity contribution in [3.05, 3.63) is 13.2 Å². The minimum Gasteiger partial charge on any atom is -0.394 e. The van der Waals surface area contributed by atoms with E-state index in [4.69, 9.17) is 40.9 Å². The Morgan fingerprint density at radius 3 is 0.389 bits per heavy atom. The lowest BCUT2D eigenvalue weighted by atomic mass is 10.8. The lowest BCUT2D eigenvalue weighted by molar-refractivity contribution is 0.186. The minimum atomic E-state index is -0.125. The van der Waals surface area contributed by atoms with Gasteiger partial charge in [0.2, 0.25) is 0 Å². The maximum absolute atomic E-state index is 7.62. The predicted octanol–water partition coefficient (Wildman–Crippen LogP) is -3.31. The van der Waals surface area contributed by atoms with E-state index < -0.39 is 0 Å². The molecule has 8 nitrogen and oxygen atoms in total. The molecule has 0 aromatic carbocycles. The summed E-state index contributed by atoms with van der Waals surface area (Å²) in [6, 6.07) is 0. The van der Waals surface area contributed by atoms with Crippen LogP contribution in [0.4, 0.5) is 0 Å². The fourth-order valence-electron chi connectivity index (χ4n) is 0. The summed E-state index contributed by atoms with van der Waals surface area (Å²) in [6.07, 6.45) is 0. The van der Waals surface area contributed by atoms with Crippen molar-refractivity contribution in [1.82, 2.24) is 0 Å².